The summed E-state index contributed by atoms with van der Waals surface area (Å²) in [6.07, 6.45) is 0.843. The number of aryl methyl sites for hydroxylation is 2. The molecule has 0 bridgehead atoms. The van der Waals surface area contributed by atoms with Gasteiger partial charge >= 0.3 is 0 Å². The number of benzene rings is 1. The fourth-order valence-electron chi connectivity index (χ4n) is 2.08. The number of carbonyl (C=O) groups excluding carboxylic acids is 1. The zero-order valence-corrected chi connectivity index (χ0v) is 12.7. The SMILES string of the molecule is Cc1cc(CCNC(=O)c2cccc(Br)c2)c(C)[nH]1. The molecule has 1 aromatic heterocycles. The molecular formula is C15H17BrN2O. The van der Waals surface area contributed by atoms with Gasteiger partial charge in [-0.05, 0) is 50.1 Å². The summed E-state index contributed by atoms with van der Waals surface area (Å²) in [4.78, 5) is 15.2. The average molecular weight is 321 g/mol. The van der Waals surface area contributed by atoms with E-state index in [4.69, 9.17) is 0 Å². The first-order valence-electron chi connectivity index (χ1n) is 6.25. The van der Waals surface area contributed by atoms with Gasteiger partial charge in [-0.15, -0.1) is 0 Å². The third-order valence-electron chi connectivity index (χ3n) is 3.02. The Morgan fingerprint density at radius 2 is 2.11 bits per heavy atom. The van der Waals surface area contributed by atoms with E-state index in [9.17, 15) is 4.79 Å². The van der Waals surface area contributed by atoms with Gasteiger partial charge in [0.25, 0.3) is 5.91 Å². The van der Waals surface area contributed by atoms with Gasteiger partial charge < -0.3 is 10.3 Å². The maximum Gasteiger partial charge on any atom is 0.251 e. The first kappa shape index (κ1) is 13.9. The smallest absolute Gasteiger partial charge is 0.251 e. The number of halogens is 1. The van der Waals surface area contributed by atoms with Crippen molar-refractivity contribution in [3.05, 3.63) is 57.3 Å². The molecule has 0 atom stereocenters. The number of hydrogen-bond acceptors (Lipinski definition) is 1. The molecule has 0 saturated carbocycles. The quantitative estimate of drug-likeness (QED) is 0.891. The van der Waals surface area contributed by atoms with Crippen molar-refractivity contribution < 1.29 is 4.79 Å². The molecule has 1 aromatic carbocycles. The highest BCUT2D eigenvalue weighted by Crippen LogP contribution is 2.12. The molecule has 0 spiro atoms. The van der Waals surface area contributed by atoms with Crippen LogP contribution in [0.25, 0.3) is 0 Å². The number of hydrogen-bond donors (Lipinski definition) is 2. The van der Waals surface area contributed by atoms with Crippen LogP contribution in [0.5, 0.6) is 0 Å². The number of aromatic nitrogens is 1. The van der Waals surface area contributed by atoms with Crippen LogP contribution in [-0.4, -0.2) is 17.4 Å². The summed E-state index contributed by atoms with van der Waals surface area (Å²) in [5.74, 6) is -0.0359. The summed E-state index contributed by atoms with van der Waals surface area (Å²) in [7, 11) is 0. The topological polar surface area (TPSA) is 44.9 Å². The Kier molecular flexibility index (Phi) is 4.43. The molecule has 0 unspecified atom stereocenters. The normalized spacial score (nSPS) is 10.5. The first-order chi connectivity index (χ1) is 9.06. The van der Waals surface area contributed by atoms with Gasteiger partial charge in [0.1, 0.15) is 0 Å². The lowest BCUT2D eigenvalue weighted by atomic mass is 10.1. The second-order valence-electron chi connectivity index (χ2n) is 4.62. The third kappa shape index (κ3) is 3.70. The van der Waals surface area contributed by atoms with Crippen molar-refractivity contribution in [3.8, 4) is 0 Å². The van der Waals surface area contributed by atoms with Crippen molar-refractivity contribution in [3.63, 3.8) is 0 Å². The zero-order chi connectivity index (χ0) is 13.8. The van der Waals surface area contributed by atoms with E-state index in [2.05, 4.69) is 39.2 Å². The highest BCUT2D eigenvalue weighted by Gasteiger charge is 2.06. The van der Waals surface area contributed by atoms with E-state index in [1.807, 2.05) is 31.2 Å². The van der Waals surface area contributed by atoms with Gasteiger partial charge in [-0.2, -0.15) is 0 Å². The van der Waals surface area contributed by atoms with E-state index in [1.165, 1.54) is 11.3 Å². The summed E-state index contributed by atoms with van der Waals surface area (Å²) >= 11 is 3.36. The van der Waals surface area contributed by atoms with Crippen molar-refractivity contribution >= 4 is 21.8 Å². The number of carbonyl (C=O) groups is 1. The van der Waals surface area contributed by atoms with Crippen LogP contribution in [-0.2, 0) is 6.42 Å². The Morgan fingerprint density at radius 1 is 1.32 bits per heavy atom. The van der Waals surface area contributed by atoms with E-state index in [0.29, 0.717) is 12.1 Å². The largest absolute Gasteiger partial charge is 0.362 e. The monoisotopic (exact) mass is 320 g/mol. The lowest BCUT2D eigenvalue weighted by molar-refractivity contribution is 0.0954. The molecule has 100 valence electrons. The van der Waals surface area contributed by atoms with Crippen molar-refractivity contribution in [2.75, 3.05) is 6.54 Å². The van der Waals surface area contributed by atoms with Gasteiger partial charge in [0.15, 0.2) is 0 Å². The van der Waals surface area contributed by atoms with Crippen LogP contribution >= 0.6 is 15.9 Å². The number of aromatic amines is 1. The van der Waals surface area contributed by atoms with Gasteiger partial charge in [0, 0.05) is 28.0 Å². The number of nitrogens with one attached hydrogen (secondary N) is 2. The summed E-state index contributed by atoms with van der Waals surface area (Å²) in [6, 6.07) is 9.52. The standard InChI is InChI=1S/C15H17BrN2O/c1-10-8-12(11(2)18-10)6-7-17-15(19)13-4-3-5-14(16)9-13/h3-5,8-9,18H,6-7H2,1-2H3,(H,17,19). The lowest BCUT2D eigenvalue weighted by Crippen LogP contribution is -2.25. The van der Waals surface area contributed by atoms with Crippen LogP contribution in [0.3, 0.4) is 0 Å². The molecule has 2 aromatic rings. The van der Waals surface area contributed by atoms with Crippen LogP contribution in [0.4, 0.5) is 0 Å². The fourth-order valence-corrected chi connectivity index (χ4v) is 2.48. The second kappa shape index (κ2) is 6.06. The minimum absolute atomic E-state index is 0.0359. The Hall–Kier alpha value is -1.55. The minimum Gasteiger partial charge on any atom is -0.362 e. The molecule has 0 aliphatic carbocycles. The molecule has 0 fully saturated rings. The zero-order valence-electron chi connectivity index (χ0n) is 11.1. The molecule has 0 saturated heterocycles. The average Bonchev–Trinajstić information content (AvgIpc) is 2.68. The van der Waals surface area contributed by atoms with Crippen LogP contribution in [0.15, 0.2) is 34.8 Å². The summed E-state index contributed by atoms with van der Waals surface area (Å²) in [5.41, 5.74) is 4.27. The van der Waals surface area contributed by atoms with E-state index < -0.39 is 0 Å². The lowest BCUT2D eigenvalue weighted by Gasteiger charge is -2.05. The minimum atomic E-state index is -0.0359. The molecule has 0 aliphatic heterocycles. The number of rotatable bonds is 4. The van der Waals surface area contributed by atoms with Gasteiger partial charge in [-0.3, -0.25) is 4.79 Å². The van der Waals surface area contributed by atoms with Gasteiger partial charge in [0.05, 0.1) is 0 Å². The molecule has 2 N–H and O–H groups in total. The second-order valence-corrected chi connectivity index (χ2v) is 5.53. The summed E-state index contributed by atoms with van der Waals surface area (Å²) in [6.45, 7) is 4.73. The summed E-state index contributed by atoms with van der Waals surface area (Å²) in [5, 5.41) is 2.94. The molecule has 4 heteroatoms. The van der Waals surface area contributed by atoms with Crippen molar-refractivity contribution in [2.24, 2.45) is 0 Å². The highest BCUT2D eigenvalue weighted by atomic mass is 79.9. The first-order valence-corrected chi connectivity index (χ1v) is 7.04. The molecule has 1 amide bonds. The molecule has 0 radical (unpaired) electrons. The van der Waals surface area contributed by atoms with E-state index in [0.717, 1.165) is 16.6 Å². The van der Waals surface area contributed by atoms with E-state index in [1.54, 1.807) is 0 Å². The van der Waals surface area contributed by atoms with Crippen molar-refractivity contribution in [2.45, 2.75) is 20.3 Å². The van der Waals surface area contributed by atoms with Crippen LogP contribution < -0.4 is 5.32 Å². The molecular weight excluding hydrogens is 304 g/mol. The number of H-pyrrole nitrogens is 1. The molecule has 2 rings (SSSR count). The van der Waals surface area contributed by atoms with E-state index in [-0.39, 0.29) is 5.91 Å². The van der Waals surface area contributed by atoms with Gasteiger partial charge in [-0.1, -0.05) is 22.0 Å². The van der Waals surface area contributed by atoms with Crippen molar-refractivity contribution in [1.82, 2.24) is 10.3 Å². The third-order valence-corrected chi connectivity index (χ3v) is 3.52. The number of amides is 1. The Balaban J connectivity index is 1.89. The highest BCUT2D eigenvalue weighted by molar-refractivity contribution is 9.10. The molecule has 0 aliphatic rings. The Bertz CT molecular complexity index is 590. The van der Waals surface area contributed by atoms with Crippen LogP contribution in [0, 0.1) is 13.8 Å². The van der Waals surface area contributed by atoms with Crippen LogP contribution in [0.1, 0.15) is 27.3 Å². The predicted molar refractivity (Wildman–Crippen MR) is 80.4 cm³/mol. The van der Waals surface area contributed by atoms with Gasteiger partial charge in [-0.25, -0.2) is 0 Å². The fraction of sp³-hybridized carbons (Fsp3) is 0.267. The molecule has 1 heterocycles. The summed E-state index contributed by atoms with van der Waals surface area (Å²) < 4.78 is 0.914. The Morgan fingerprint density at radius 3 is 2.74 bits per heavy atom. The molecule has 19 heavy (non-hydrogen) atoms. The predicted octanol–water partition coefficient (Wildman–Crippen LogP) is 3.37. The molecule has 3 nitrogen and oxygen atoms in total. The Labute approximate surface area is 121 Å². The maximum atomic E-state index is 11.9. The maximum absolute atomic E-state index is 11.9. The van der Waals surface area contributed by atoms with E-state index >= 15 is 0 Å². The van der Waals surface area contributed by atoms with Crippen LogP contribution in [0.2, 0.25) is 0 Å². The van der Waals surface area contributed by atoms with Crippen molar-refractivity contribution in [1.29, 1.82) is 0 Å². The van der Waals surface area contributed by atoms with Gasteiger partial charge in [0.2, 0.25) is 0 Å².